The van der Waals surface area contributed by atoms with Gasteiger partial charge in [-0.25, -0.2) is 5.84 Å². The van der Waals surface area contributed by atoms with E-state index < -0.39 is 0 Å². The molecule has 1 rings (SSSR count). The van der Waals surface area contributed by atoms with E-state index in [1.807, 2.05) is 13.1 Å². The zero-order chi connectivity index (χ0) is 12.2. The number of nitrogens with zero attached hydrogens (tertiary/aromatic N) is 1. The molecule has 0 saturated carbocycles. The number of rotatable bonds is 5. The molecule has 0 aromatic rings. The van der Waals surface area contributed by atoms with Gasteiger partial charge in [-0.1, -0.05) is 39.0 Å². The highest BCUT2D eigenvalue weighted by molar-refractivity contribution is 5.34. The summed E-state index contributed by atoms with van der Waals surface area (Å²) in [6, 6.07) is 0. The van der Waals surface area contributed by atoms with Gasteiger partial charge in [-0.3, -0.25) is 0 Å². The van der Waals surface area contributed by atoms with Crippen molar-refractivity contribution in [3.8, 4) is 0 Å². The molecule has 0 aromatic carbocycles. The first kappa shape index (κ1) is 12.8. The van der Waals surface area contributed by atoms with E-state index in [2.05, 4.69) is 32.1 Å². The Hall–Kier alpha value is -1.22. The van der Waals surface area contributed by atoms with Crippen molar-refractivity contribution in [2.75, 3.05) is 6.54 Å². The third-order valence-electron chi connectivity index (χ3n) is 3.32. The molecule has 0 aromatic heterocycles. The van der Waals surface area contributed by atoms with Crippen LogP contribution < -0.4 is 11.6 Å². The largest absolute Gasteiger partial charge is 0.401 e. The Morgan fingerprint density at radius 1 is 1.50 bits per heavy atom. The molecule has 0 fully saturated rings. The van der Waals surface area contributed by atoms with E-state index >= 15 is 0 Å². The predicted molar refractivity (Wildman–Crippen MR) is 69.1 cm³/mol. The molecule has 0 amide bonds. The summed E-state index contributed by atoms with van der Waals surface area (Å²) in [6.45, 7) is 7.19. The fraction of sp³-hybridized carbons (Fsp3) is 0.538. The van der Waals surface area contributed by atoms with Crippen LogP contribution in [0.15, 0.2) is 35.7 Å². The Balaban J connectivity index is 2.63. The predicted octanol–water partition coefficient (Wildman–Crippen LogP) is 2.28. The summed E-state index contributed by atoms with van der Waals surface area (Å²) in [5.41, 5.74) is 8.07. The molecule has 90 valence electrons. The van der Waals surface area contributed by atoms with Gasteiger partial charge in [0.25, 0.3) is 0 Å². The van der Waals surface area contributed by atoms with Crippen LogP contribution in [0.25, 0.3) is 0 Å². The van der Waals surface area contributed by atoms with Gasteiger partial charge in [-0.15, -0.1) is 0 Å². The molecule has 3 heteroatoms. The minimum atomic E-state index is 0.159. The van der Waals surface area contributed by atoms with Crippen LogP contribution in [-0.2, 0) is 0 Å². The molecule has 16 heavy (non-hydrogen) atoms. The molecule has 1 aliphatic carbocycles. The monoisotopic (exact) mass is 221 g/mol. The van der Waals surface area contributed by atoms with Crippen molar-refractivity contribution in [1.29, 1.82) is 0 Å². The van der Waals surface area contributed by atoms with Crippen LogP contribution >= 0.6 is 0 Å². The number of hydrogen-bond donors (Lipinski definition) is 2. The van der Waals surface area contributed by atoms with Gasteiger partial charge in [0.1, 0.15) is 0 Å². The topological polar surface area (TPSA) is 55.3 Å². The summed E-state index contributed by atoms with van der Waals surface area (Å²) in [7, 11) is 0. The summed E-state index contributed by atoms with van der Waals surface area (Å²) in [4.78, 5) is 0. The molecule has 1 aliphatic rings. The summed E-state index contributed by atoms with van der Waals surface area (Å²) in [6.07, 6.45) is 10.2. The second-order valence-electron chi connectivity index (χ2n) is 4.55. The van der Waals surface area contributed by atoms with Crippen molar-refractivity contribution in [3.63, 3.8) is 0 Å². The Labute approximate surface area is 98.5 Å². The van der Waals surface area contributed by atoms with Crippen LogP contribution in [-0.4, -0.2) is 11.6 Å². The Morgan fingerprint density at radius 2 is 2.19 bits per heavy atom. The van der Waals surface area contributed by atoms with E-state index in [0.717, 1.165) is 25.1 Å². The van der Waals surface area contributed by atoms with Crippen LogP contribution in [0.3, 0.4) is 0 Å². The minimum absolute atomic E-state index is 0.159. The third kappa shape index (κ3) is 2.89. The maximum Gasteiger partial charge on any atom is 0.0557 e. The first-order valence-corrected chi connectivity index (χ1v) is 5.88. The van der Waals surface area contributed by atoms with Crippen LogP contribution in [0.4, 0.5) is 0 Å². The molecular formula is C13H23N3. The molecule has 3 nitrogen and oxygen atoms in total. The van der Waals surface area contributed by atoms with E-state index in [0.29, 0.717) is 0 Å². The highest BCUT2D eigenvalue weighted by Crippen LogP contribution is 2.36. The van der Waals surface area contributed by atoms with Gasteiger partial charge in [0, 0.05) is 17.3 Å². The van der Waals surface area contributed by atoms with Crippen LogP contribution in [0.5, 0.6) is 0 Å². The summed E-state index contributed by atoms with van der Waals surface area (Å²) < 4.78 is 0. The van der Waals surface area contributed by atoms with E-state index in [-0.39, 0.29) is 5.41 Å². The second kappa shape index (κ2) is 5.21. The highest BCUT2D eigenvalue weighted by Gasteiger charge is 2.26. The third-order valence-corrected chi connectivity index (χ3v) is 3.32. The van der Waals surface area contributed by atoms with Crippen molar-refractivity contribution in [1.82, 2.24) is 5.01 Å². The van der Waals surface area contributed by atoms with Gasteiger partial charge in [-0.2, -0.15) is 0 Å². The van der Waals surface area contributed by atoms with Crippen molar-refractivity contribution >= 4 is 0 Å². The molecule has 0 bridgehead atoms. The molecule has 1 unspecified atom stereocenters. The van der Waals surface area contributed by atoms with Gasteiger partial charge in [0.05, 0.1) is 6.54 Å². The summed E-state index contributed by atoms with van der Waals surface area (Å²) >= 11 is 0. The molecule has 0 radical (unpaired) electrons. The molecule has 0 heterocycles. The Morgan fingerprint density at radius 3 is 2.75 bits per heavy atom. The van der Waals surface area contributed by atoms with Gasteiger partial charge in [0.2, 0.25) is 0 Å². The Bertz CT molecular complexity index is 328. The van der Waals surface area contributed by atoms with Crippen LogP contribution in [0, 0.1) is 5.41 Å². The van der Waals surface area contributed by atoms with Crippen molar-refractivity contribution < 1.29 is 0 Å². The zero-order valence-corrected chi connectivity index (χ0v) is 10.5. The molecule has 4 N–H and O–H groups in total. The molecule has 0 saturated heterocycles. The van der Waals surface area contributed by atoms with E-state index in [1.165, 1.54) is 5.57 Å². The normalized spacial score (nSPS) is 24.8. The SMILES string of the molecule is CC/C(N)=C/N(N)CC1=CC=CC1(C)CC. The number of hydrogen-bond acceptors (Lipinski definition) is 3. The minimum Gasteiger partial charge on any atom is -0.401 e. The van der Waals surface area contributed by atoms with Crippen molar-refractivity contribution in [3.05, 3.63) is 35.7 Å². The fourth-order valence-corrected chi connectivity index (χ4v) is 1.80. The standard InChI is InChI=1S/C13H23N3/c1-4-12(14)10-16(15)9-11-7-6-8-13(11,3)5-2/h6-8,10H,4-5,9,14-15H2,1-3H3/b12-10-. The van der Waals surface area contributed by atoms with Gasteiger partial charge < -0.3 is 10.7 Å². The van der Waals surface area contributed by atoms with Crippen molar-refractivity contribution in [2.45, 2.75) is 33.6 Å². The average molecular weight is 221 g/mol. The van der Waals surface area contributed by atoms with E-state index in [1.54, 1.807) is 5.01 Å². The smallest absolute Gasteiger partial charge is 0.0557 e. The van der Waals surface area contributed by atoms with Gasteiger partial charge >= 0.3 is 0 Å². The molecule has 0 aliphatic heterocycles. The lowest BCUT2D eigenvalue weighted by Crippen LogP contribution is -2.32. The molecule has 0 spiro atoms. The fourth-order valence-electron chi connectivity index (χ4n) is 1.80. The summed E-state index contributed by atoms with van der Waals surface area (Å²) in [5.74, 6) is 5.91. The number of allylic oxidation sites excluding steroid dienone is 4. The lowest BCUT2D eigenvalue weighted by molar-refractivity contribution is 0.376. The lowest BCUT2D eigenvalue weighted by atomic mass is 9.82. The molecular weight excluding hydrogens is 198 g/mol. The van der Waals surface area contributed by atoms with Gasteiger partial charge in [-0.05, 0) is 18.4 Å². The van der Waals surface area contributed by atoms with Gasteiger partial charge in [0.15, 0.2) is 0 Å². The maximum absolute atomic E-state index is 5.91. The summed E-state index contributed by atoms with van der Waals surface area (Å²) in [5, 5.41) is 1.67. The Kier molecular flexibility index (Phi) is 4.19. The highest BCUT2D eigenvalue weighted by atomic mass is 15.4. The second-order valence-corrected chi connectivity index (χ2v) is 4.55. The maximum atomic E-state index is 5.91. The van der Waals surface area contributed by atoms with E-state index in [4.69, 9.17) is 11.6 Å². The van der Waals surface area contributed by atoms with Crippen LogP contribution in [0.1, 0.15) is 33.6 Å². The number of nitrogens with two attached hydrogens (primary N) is 2. The average Bonchev–Trinajstić information content (AvgIpc) is 2.61. The zero-order valence-electron chi connectivity index (χ0n) is 10.5. The first-order valence-electron chi connectivity index (χ1n) is 5.88. The van der Waals surface area contributed by atoms with E-state index in [9.17, 15) is 0 Å². The quantitative estimate of drug-likeness (QED) is 0.553. The van der Waals surface area contributed by atoms with Crippen molar-refractivity contribution in [2.24, 2.45) is 17.0 Å². The number of hydrazine groups is 1. The lowest BCUT2D eigenvalue weighted by Gasteiger charge is -2.27. The first-order chi connectivity index (χ1) is 7.51. The molecule has 1 atom stereocenters. The van der Waals surface area contributed by atoms with Crippen LogP contribution in [0.2, 0.25) is 0 Å².